The Balaban J connectivity index is 2.22. The number of benzene rings is 1. The number of nitrogens with two attached hydrogens (primary N) is 1. The van der Waals surface area contributed by atoms with Crippen molar-refractivity contribution in [1.29, 1.82) is 0 Å². The molecular weight excluding hydrogens is 243 g/mol. The van der Waals surface area contributed by atoms with Gasteiger partial charge in [-0.15, -0.1) is 0 Å². The minimum Gasteiger partial charge on any atom is -0.491 e. The van der Waals surface area contributed by atoms with Crippen LogP contribution in [0.2, 0.25) is 0 Å². The summed E-state index contributed by atoms with van der Waals surface area (Å²) in [4.78, 5) is 2.24. The van der Waals surface area contributed by atoms with E-state index in [9.17, 15) is 4.39 Å². The van der Waals surface area contributed by atoms with Crippen LogP contribution in [0.25, 0.3) is 0 Å². The molecule has 1 atom stereocenters. The Morgan fingerprint density at radius 3 is 2.79 bits per heavy atom. The Kier molecular flexibility index (Phi) is 4.17. The zero-order valence-electron chi connectivity index (χ0n) is 11.9. The predicted octanol–water partition coefficient (Wildman–Crippen LogP) is 3.29. The topological polar surface area (TPSA) is 38.5 Å². The smallest absolute Gasteiger partial charge is 0.167 e. The summed E-state index contributed by atoms with van der Waals surface area (Å²) in [5, 5.41) is 0. The maximum absolute atomic E-state index is 13.7. The lowest BCUT2D eigenvalue weighted by Crippen LogP contribution is -2.22. The second kappa shape index (κ2) is 5.68. The summed E-state index contributed by atoms with van der Waals surface area (Å²) in [6, 6.07) is 3.10. The highest BCUT2D eigenvalue weighted by Gasteiger charge is 2.26. The summed E-state index contributed by atoms with van der Waals surface area (Å²) in [6.45, 7) is 8.75. The molecule has 1 unspecified atom stereocenters. The monoisotopic (exact) mass is 266 g/mol. The van der Waals surface area contributed by atoms with Gasteiger partial charge in [0.15, 0.2) is 11.6 Å². The molecule has 0 radical (unpaired) electrons. The van der Waals surface area contributed by atoms with Gasteiger partial charge in [-0.05, 0) is 25.2 Å². The normalized spacial score (nSPS) is 19.2. The van der Waals surface area contributed by atoms with Crippen LogP contribution in [0.15, 0.2) is 12.1 Å². The molecule has 0 amide bonds. The van der Waals surface area contributed by atoms with Gasteiger partial charge >= 0.3 is 0 Å². The first-order chi connectivity index (χ1) is 9.02. The Morgan fingerprint density at radius 1 is 1.47 bits per heavy atom. The third-order valence-electron chi connectivity index (χ3n) is 3.89. The number of nitrogens with zero attached hydrogens (tertiary/aromatic N) is 1. The van der Waals surface area contributed by atoms with Crippen LogP contribution in [0.1, 0.15) is 27.2 Å². The zero-order chi connectivity index (χ0) is 14.0. The van der Waals surface area contributed by atoms with Crippen molar-refractivity contribution in [1.82, 2.24) is 0 Å². The molecule has 1 fully saturated rings. The molecule has 0 spiro atoms. The summed E-state index contributed by atoms with van der Waals surface area (Å²) in [5.41, 5.74) is 7.34. The maximum atomic E-state index is 13.7. The van der Waals surface area contributed by atoms with Gasteiger partial charge in [0.1, 0.15) is 0 Å². The van der Waals surface area contributed by atoms with Crippen LogP contribution in [0, 0.1) is 17.7 Å². The van der Waals surface area contributed by atoms with E-state index in [2.05, 4.69) is 18.7 Å². The van der Waals surface area contributed by atoms with E-state index in [1.807, 2.05) is 6.92 Å². The van der Waals surface area contributed by atoms with Gasteiger partial charge in [0.25, 0.3) is 0 Å². The number of rotatable bonds is 4. The average Bonchev–Trinajstić information content (AvgIpc) is 2.82. The average molecular weight is 266 g/mol. The lowest BCUT2D eigenvalue weighted by molar-refractivity contribution is 0.321. The lowest BCUT2D eigenvalue weighted by atomic mass is 9.95. The molecule has 0 saturated carbocycles. The van der Waals surface area contributed by atoms with Gasteiger partial charge in [-0.1, -0.05) is 13.8 Å². The first-order valence-electron chi connectivity index (χ1n) is 6.99. The van der Waals surface area contributed by atoms with Crippen LogP contribution in [0.4, 0.5) is 15.8 Å². The van der Waals surface area contributed by atoms with Crippen LogP contribution in [-0.2, 0) is 0 Å². The van der Waals surface area contributed by atoms with E-state index in [1.165, 1.54) is 12.5 Å². The predicted molar refractivity (Wildman–Crippen MR) is 77.1 cm³/mol. The number of nitrogen functional groups attached to an aromatic ring is 1. The van der Waals surface area contributed by atoms with E-state index in [-0.39, 0.29) is 5.82 Å². The van der Waals surface area contributed by atoms with Crippen LogP contribution >= 0.6 is 0 Å². The molecular formula is C15H23FN2O. The van der Waals surface area contributed by atoms with Crippen LogP contribution in [-0.4, -0.2) is 19.7 Å². The Morgan fingerprint density at radius 2 is 2.21 bits per heavy atom. The molecule has 1 aliphatic heterocycles. The number of hydrogen-bond donors (Lipinski definition) is 1. The van der Waals surface area contributed by atoms with E-state index in [4.69, 9.17) is 10.5 Å². The molecule has 1 heterocycles. The number of anilines is 2. The van der Waals surface area contributed by atoms with Crippen molar-refractivity contribution >= 4 is 11.4 Å². The van der Waals surface area contributed by atoms with Gasteiger partial charge in [-0.3, -0.25) is 0 Å². The number of ether oxygens (including phenoxy) is 1. The van der Waals surface area contributed by atoms with Crippen molar-refractivity contribution in [3.8, 4) is 5.75 Å². The Hall–Kier alpha value is -1.45. The fraction of sp³-hybridized carbons (Fsp3) is 0.600. The standard InChI is InChI=1S/C15H23FN2O/c1-4-19-15-8-14(13(17)7-12(15)16)18-6-5-11(9-18)10(2)3/h7-8,10-11H,4-6,9,17H2,1-3H3. The van der Waals surface area contributed by atoms with Crippen molar-refractivity contribution < 1.29 is 9.13 Å². The minimum atomic E-state index is -0.386. The zero-order valence-corrected chi connectivity index (χ0v) is 11.9. The second-order valence-corrected chi connectivity index (χ2v) is 5.51. The quantitative estimate of drug-likeness (QED) is 0.850. The van der Waals surface area contributed by atoms with Crippen molar-refractivity contribution in [2.45, 2.75) is 27.2 Å². The highest BCUT2D eigenvalue weighted by molar-refractivity contribution is 5.70. The lowest BCUT2D eigenvalue weighted by Gasteiger charge is -2.22. The van der Waals surface area contributed by atoms with Gasteiger partial charge < -0.3 is 15.4 Å². The van der Waals surface area contributed by atoms with Gasteiger partial charge in [-0.25, -0.2) is 4.39 Å². The highest BCUT2D eigenvalue weighted by Crippen LogP contribution is 2.35. The fourth-order valence-electron chi connectivity index (χ4n) is 2.65. The summed E-state index contributed by atoms with van der Waals surface area (Å²) in [5.74, 6) is 1.25. The van der Waals surface area contributed by atoms with Gasteiger partial charge in [0.2, 0.25) is 0 Å². The number of hydrogen-bond acceptors (Lipinski definition) is 3. The van der Waals surface area contributed by atoms with E-state index in [0.717, 1.165) is 18.8 Å². The van der Waals surface area contributed by atoms with E-state index >= 15 is 0 Å². The summed E-state index contributed by atoms with van der Waals surface area (Å²) in [7, 11) is 0. The SMILES string of the molecule is CCOc1cc(N2CCC(C(C)C)C2)c(N)cc1F. The van der Waals surface area contributed by atoms with Crippen molar-refractivity contribution in [3.05, 3.63) is 17.9 Å². The molecule has 19 heavy (non-hydrogen) atoms. The molecule has 1 aromatic carbocycles. The molecule has 0 aliphatic carbocycles. The van der Waals surface area contributed by atoms with E-state index in [0.29, 0.717) is 29.9 Å². The molecule has 106 valence electrons. The summed E-state index contributed by atoms with van der Waals surface area (Å²) >= 11 is 0. The van der Waals surface area contributed by atoms with Gasteiger partial charge in [-0.2, -0.15) is 0 Å². The van der Waals surface area contributed by atoms with E-state index < -0.39 is 0 Å². The molecule has 4 heteroatoms. The molecule has 1 saturated heterocycles. The summed E-state index contributed by atoms with van der Waals surface area (Å²) < 4.78 is 19.0. The van der Waals surface area contributed by atoms with Crippen LogP contribution < -0.4 is 15.4 Å². The molecule has 2 rings (SSSR count). The fourth-order valence-corrected chi connectivity index (χ4v) is 2.65. The Bertz CT molecular complexity index is 448. The molecule has 0 aromatic heterocycles. The molecule has 2 N–H and O–H groups in total. The van der Waals surface area contributed by atoms with Crippen LogP contribution in [0.3, 0.4) is 0 Å². The molecule has 0 bridgehead atoms. The van der Waals surface area contributed by atoms with E-state index in [1.54, 1.807) is 6.07 Å². The molecule has 1 aromatic rings. The van der Waals surface area contributed by atoms with Crippen molar-refractivity contribution in [3.63, 3.8) is 0 Å². The molecule has 3 nitrogen and oxygen atoms in total. The first kappa shape index (κ1) is 14.0. The van der Waals surface area contributed by atoms with Gasteiger partial charge in [0, 0.05) is 25.2 Å². The highest BCUT2D eigenvalue weighted by atomic mass is 19.1. The minimum absolute atomic E-state index is 0.291. The molecule has 1 aliphatic rings. The first-order valence-corrected chi connectivity index (χ1v) is 6.99. The van der Waals surface area contributed by atoms with Crippen molar-refractivity contribution in [2.75, 3.05) is 30.3 Å². The summed E-state index contributed by atoms with van der Waals surface area (Å²) in [6.07, 6.45) is 1.17. The van der Waals surface area contributed by atoms with Crippen LogP contribution in [0.5, 0.6) is 5.75 Å². The largest absolute Gasteiger partial charge is 0.491 e. The third kappa shape index (κ3) is 2.94. The Labute approximate surface area is 114 Å². The second-order valence-electron chi connectivity index (χ2n) is 5.51. The van der Waals surface area contributed by atoms with Gasteiger partial charge in [0.05, 0.1) is 18.0 Å². The third-order valence-corrected chi connectivity index (χ3v) is 3.89. The maximum Gasteiger partial charge on any atom is 0.167 e. The number of halogens is 1. The van der Waals surface area contributed by atoms with Crippen molar-refractivity contribution in [2.24, 2.45) is 11.8 Å².